The van der Waals surface area contributed by atoms with Gasteiger partial charge in [-0.15, -0.1) is 0 Å². The van der Waals surface area contributed by atoms with Gasteiger partial charge < -0.3 is 5.32 Å². The zero-order chi connectivity index (χ0) is 13.8. The lowest BCUT2D eigenvalue weighted by Gasteiger charge is -2.07. The first kappa shape index (κ1) is 14.1. The van der Waals surface area contributed by atoms with Gasteiger partial charge in [-0.05, 0) is 48.4 Å². The number of carbonyl (C=O) groups is 1. The zero-order valence-corrected chi connectivity index (χ0v) is 12.8. The summed E-state index contributed by atoms with van der Waals surface area (Å²) >= 11 is 9.33. The largest absolute Gasteiger partial charge is 0.322 e. The van der Waals surface area contributed by atoms with Crippen molar-refractivity contribution in [1.82, 2.24) is 0 Å². The van der Waals surface area contributed by atoms with E-state index in [4.69, 9.17) is 11.6 Å². The summed E-state index contributed by atoms with van der Waals surface area (Å²) in [5.41, 5.74) is 3.44. The highest BCUT2D eigenvalue weighted by Crippen LogP contribution is 2.18. The van der Waals surface area contributed by atoms with Crippen molar-refractivity contribution in [2.24, 2.45) is 0 Å². The van der Waals surface area contributed by atoms with Crippen LogP contribution in [-0.2, 0) is 5.33 Å². The summed E-state index contributed by atoms with van der Waals surface area (Å²) in [7, 11) is 0. The van der Waals surface area contributed by atoms with Crippen LogP contribution >= 0.6 is 27.5 Å². The lowest BCUT2D eigenvalue weighted by Crippen LogP contribution is -2.11. The number of benzene rings is 2. The SMILES string of the molecule is Cc1cc(C(=O)Nc2ccc(CBr)cc2)ccc1Cl. The topological polar surface area (TPSA) is 29.1 Å². The van der Waals surface area contributed by atoms with Crippen molar-refractivity contribution in [1.29, 1.82) is 0 Å². The van der Waals surface area contributed by atoms with Crippen molar-refractivity contribution < 1.29 is 4.79 Å². The van der Waals surface area contributed by atoms with Crippen LogP contribution in [0.1, 0.15) is 21.5 Å². The van der Waals surface area contributed by atoms with E-state index in [2.05, 4.69) is 21.2 Å². The second-order valence-corrected chi connectivity index (χ2v) is 5.22. The number of nitrogens with one attached hydrogen (secondary N) is 1. The Morgan fingerprint density at radius 3 is 2.47 bits per heavy atom. The quantitative estimate of drug-likeness (QED) is 0.801. The zero-order valence-electron chi connectivity index (χ0n) is 10.4. The molecule has 0 bridgehead atoms. The molecule has 0 atom stereocenters. The molecule has 0 unspecified atom stereocenters. The minimum Gasteiger partial charge on any atom is -0.322 e. The highest BCUT2D eigenvalue weighted by atomic mass is 79.9. The molecule has 0 saturated heterocycles. The van der Waals surface area contributed by atoms with Gasteiger partial charge in [-0.1, -0.05) is 39.7 Å². The molecule has 98 valence electrons. The van der Waals surface area contributed by atoms with Crippen molar-refractivity contribution in [3.63, 3.8) is 0 Å². The molecule has 1 amide bonds. The van der Waals surface area contributed by atoms with Gasteiger partial charge >= 0.3 is 0 Å². The Morgan fingerprint density at radius 1 is 1.21 bits per heavy atom. The first-order valence-corrected chi connectivity index (χ1v) is 7.32. The molecule has 0 heterocycles. The van der Waals surface area contributed by atoms with Gasteiger partial charge in [0, 0.05) is 21.6 Å². The number of amides is 1. The van der Waals surface area contributed by atoms with E-state index >= 15 is 0 Å². The van der Waals surface area contributed by atoms with Gasteiger partial charge in [0.25, 0.3) is 5.91 Å². The summed E-state index contributed by atoms with van der Waals surface area (Å²) in [4.78, 5) is 12.1. The normalized spacial score (nSPS) is 10.3. The highest BCUT2D eigenvalue weighted by molar-refractivity contribution is 9.08. The van der Waals surface area contributed by atoms with Crippen molar-refractivity contribution in [2.45, 2.75) is 12.3 Å². The molecule has 0 aliphatic heterocycles. The Labute approximate surface area is 125 Å². The van der Waals surface area contributed by atoms with Gasteiger partial charge in [0.1, 0.15) is 0 Å². The van der Waals surface area contributed by atoms with E-state index < -0.39 is 0 Å². The minimum atomic E-state index is -0.133. The number of hydrogen-bond donors (Lipinski definition) is 1. The second-order valence-electron chi connectivity index (χ2n) is 4.25. The van der Waals surface area contributed by atoms with E-state index in [1.807, 2.05) is 31.2 Å². The number of aryl methyl sites for hydroxylation is 1. The molecule has 4 heteroatoms. The highest BCUT2D eigenvalue weighted by Gasteiger charge is 2.07. The van der Waals surface area contributed by atoms with Crippen LogP contribution in [0, 0.1) is 6.92 Å². The van der Waals surface area contributed by atoms with Crippen molar-refractivity contribution in [3.8, 4) is 0 Å². The molecule has 19 heavy (non-hydrogen) atoms. The maximum atomic E-state index is 12.1. The van der Waals surface area contributed by atoms with Gasteiger partial charge in [0.2, 0.25) is 0 Å². The molecular formula is C15H13BrClNO. The first-order valence-electron chi connectivity index (χ1n) is 5.82. The molecule has 0 aromatic heterocycles. The van der Waals surface area contributed by atoms with Gasteiger partial charge in [-0.3, -0.25) is 4.79 Å². The van der Waals surface area contributed by atoms with E-state index in [1.54, 1.807) is 18.2 Å². The first-order chi connectivity index (χ1) is 9.10. The molecule has 2 nitrogen and oxygen atoms in total. The summed E-state index contributed by atoms with van der Waals surface area (Å²) in [5, 5.41) is 4.33. The molecule has 0 fully saturated rings. The number of anilines is 1. The molecule has 0 radical (unpaired) electrons. The van der Waals surface area contributed by atoms with Crippen LogP contribution in [0.25, 0.3) is 0 Å². The predicted molar refractivity (Wildman–Crippen MR) is 83.2 cm³/mol. The van der Waals surface area contributed by atoms with E-state index in [0.29, 0.717) is 10.6 Å². The number of hydrogen-bond acceptors (Lipinski definition) is 1. The third-order valence-electron chi connectivity index (χ3n) is 2.79. The third-order valence-corrected chi connectivity index (χ3v) is 3.86. The maximum absolute atomic E-state index is 12.1. The molecule has 2 rings (SSSR count). The van der Waals surface area contributed by atoms with Gasteiger partial charge in [0.15, 0.2) is 0 Å². The van der Waals surface area contributed by atoms with Crippen LogP contribution in [0.3, 0.4) is 0 Å². The molecule has 0 saturated carbocycles. The fourth-order valence-electron chi connectivity index (χ4n) is 1.67. The molecule has 0 spiro atoms. The van der Waals surface area contributed by atoms with E-state index in [1.165, 1.54) is 5.56 Å². The fourth-order valence-corrected chi connectivity index (χ4v) is 2.16. The summed E-state index contributed by atoms with van der Waals surface area (Å²) < 4.78 is 0. The van der Waals surface area contributed by atoms with Crippen LogP contribution in [0.5, 0.6) is 0 Å². The van der Waals surface area contributed by atoms with Crippen LogP contribution in [0.2, 0.25) is 5.02 Å². The lowest BCUT2D eigenvalue weighted by molar-refractivity contribution is 0.102. The van der Waals surface area contributed by atoms with Gasteiger partial charge in [-0.2, -0.15) is 0 Å². The molecule has 0 aliphatic rings. The van der Waals surface area contributed by atoms with E-state index in [-0.39, 0.29) is 5.91 Å². The second kappa shape index (κ2) is 6.22. The Bertz CT molecular complexity index is 596. The Hall–Kier alpha value is -1.32. The van der Waals surface area contributed by atoms with Crippen LogP contribution in [0.4, 0.5) is 5.69 Å². The van der Waals surface area contributed by atoms with Crippen molar-refractivity contribution >= 4 is 39.1 Å². The number of carbonyl (C=O) groups excluding carboxylic acids is 1. The average Bonchev–Trinajstić information content (AvgIpc) is 2.42. The van der Waals surface area contributed by atoms with Crippen LogP contribution < -0.4 is 5.32 Å². The summed E-state index contributed by atoms with van der Waals surface area (Å²) in [6, 6.07) is 12.9. The Morgan fingerprint density at radius 2 is 1.89 bits per heavy atom. The number of alkyl halides is 1. The Balaban J connectivity index is 2.13. The number of rotatable bonds is 3. The fraction of sp³-hybridized carbons (Fsp3) is 0.133. The minimum absolute atomic E-state index is 0.133. The van der Waals surface area contributed by atoms with Crippen LogP contribution in [-0.4, -0.2) is 5.91 Å². The van der Waals surface area contributed by atoms with Crippen molar-refractivity contribution in [3.05, 3.63) is 64.2 Å². The molecule has 0 aliphatic carbocycles. The molecule has 2 aromatic carbocycles. The maximum Gasteiger partial charge on any atom is 0.255 e. The van der Waals surface area contributed by atoms with Crippen molar-refractivity contribution in [2.75, 3.05) is 5.32 Å². The summed E-state index contributed by atoms with van der Waals surface area (Å²) in [5.74, 6) is -0.133. The Kier molecular flexibility index (Phi) is 4.61. The van der Waals surface area contributed by atoms with Gasteiger partial charge in [-0.25, -0.2) is 0 Å². The van der Waals surface area contributed by atoms with E-state index in [9.17, 15) is 4.79 Å². The van der Waals surface area contributed by atoms with E-state index in [0.717, 1.165) is 16.6 Å². The average molecular weight is 339 g/mol. The third kappa shape index (κ3) is 3.58. The standard InChI is InChI=1S/C15H13BrClNO/c1-10-8-12(4-7-14(10)17)15(19)18-13-5-2-11(9-16)3-6-13/h2-8H,9H2,1H3,(H,18,19). The summed E-state index contributed by atoms with van der Waals surface area (Å²) in [6.07, 6.45) is 0. The lowest BCUT2D eigenvalue weighted by atomic mass is 10.1. The van der Waals surface area contributed by atoms with Gasteiger partial charge in [0.05, 0.1) is 0 Å². The molecule has 1 N–H and O–H groups in total. The predicted octanol–water partition coefficient (Wildman–Crippen LogP) is 4.80. The monoisotopic (exact) mass is 337 g/mol. The van der Waals surface area contributed by atoms with Crippen LogP contribution in [0.15, 0.2) is 42.5 Å². The smallest absolute Gasteiger partial charge is 0.255 e. The number of halogens is 2. The summed E-state index contributed by atoms with van der Waals surface area (Å²) in [6.45, 7) is 1.88. The molecule has 2 aromatic rings. The molecular weight excluding hydrogens is 326 g/mol.